The maximum atomic E-state index is 13.4. The van der Waals surface area contributed by atoms with Gasteiger partial charge >= 0.3 is 0 Å². The third kappa shape index (κ3) is 5.11. The molecule has 4 rings (SSSR count). The second kappa shape index (κ2) is 9.95. The average molecular weight is 474 g/mol. The van der Waals surface area contributed by atoms with Crippen LogP contribution in [0.1, 0.15) is 11.1 Å². The summed E-state index contributed by atoms with van der Waals surface area (Å²) in [6.07, 6.45) is 0.450. The number of carbonyl (C=O) groups excluding carboxylic acids is 2. The fourth-order valence-corrected chi connectivity index (χ4v) is 4.90. The lowest BCUT2D eigenvalue weighted by molar-refractivity contribution is -0.117. The number of benzene rings is 3. The molecule has 0 radical (unpaired) electrons. The lowest BCUT2D eigenvalue weighted by atomic mass is 10.1. The summed E-state index contributed by atoms with van der Waals surface area (Å²) in [5.74, 6) is -0.725. The number of rotatable bonds is 5. The zero-order valence-electron chi connectivity index (χ0n) is 17.8. The molecule has 0 spiro atoms. The first-order chi connectivity index (χ1) is 16.0. The molecule has 1 atom stereocenters. The van der Waals surface area contributed by atoms with Gasteiger partial charge in [0, 0.05) is 16.4 Å². The number of nitrogens with zero attached hydrogens (tertiary/aromatic N) is 2. The Morgan fingerprint density at radius 1 is 1.06 bits per heavy atom. The third-order valence-electron chi connectivity index (χ3n) is 5.16. The number of nitrogens with one attached hydrogen (secondary N) is 1. The minimum atomic E-state index is -0.551. The fourth-order valence-electron chi connectivity index (χ4n) is 3.46. The predicted octanol–water partition coefficient (Wildman–Crippen LogP) is 5.71. The molecule has 1 unspecified atom stereocenters. The molecule has 1 N–H and O–H groups in total. The summed E-state index contributed by atoms with van der Waals surface area (Å²) >= 11 is 7.22. The molecule has 0 aromatic heterocycles. The maximum Gasteiger partial charge on any atom is 0.269 e. The molecule has 0 saturated carbocycles. The molecule has 1 aliphatic rings. The molecule has 5 nitrogen and oxygen atoms in total. The normalized spacial score (nSPS) is 16.9. The molecule has 1 fully saturated rings. The van der Waals surface area contributed by atoms with Crippen molar-refractivity contribution in [3.8, 4) is 6.07 Å². The van der Waals surface area contributed by atoms with Gasteiger partial charge in [-0.2, -0.15) is 5.26 Å². The monoisotopic (exact) mass is 473 g/mol. The first-order valence-electron chi connectivity index (χ1n) is 10.3. The lowest BCUT2D eigenvalue weighted by Gasteiger charge is -2.18. The highest BCUT2D eigenvalue weighted by atomic mass is 35.5. The molecule has 3 aromatic carbocycles. The highest BCUT2D eigenvalue weighted by Gasteiger charge is 2.40. The Hall–Kier alpha value is -3.53. The third-order valence-corrected chi connectivity index (χ3v) is 6.68. The summed E-state index contributed by atoms with van der Waals surface area (Å²) in [5.41, 5.74) is 3.10. The van der Waals surface area contributed by atoms with Crippen molar-refractivity contribution >= 4 is 46.6 Å². The molecular weight excluding hydrogens is 454 g/mol. The van der Waals surface area contributed by atoms with Gasteiger partial charge in [0.05, 0.1) is 5.25 Å². The Balaban J connectivity index is 1.70. The van der Waals surface area contributed by atoms with Crippen LogP contribution in [0.3, 0.4) is 0 Å². The van der Waals surface area contributed by atoms with Crippen LogP contribution < -0.4 is 10.2 Å². The molecule has 1 aliphatic heterocycles. The number of amides is 2. The van der Waals surface area contributed by atoms with E-state index in [2.05, 4.69) is 5.32 Å². The number of aryl methyl sites for hydroxylation is 1. The van der Waals surface area contributed by atoms with E-state index in [0.29, 0.717) is 27.8 Å². The predicted molar refractivity (Wildman–Crippen MR) is 133 cm³/mol. The highest BCUT2D eigenvalue weighted by molar-refractivity contribution is 8.05. The van der Waals surface area contributed by atoms with Crippen molar-refractivity contribution in [2.24, 2.45) is 0 Å². The minimum absolute atomic E-state index is 0.101. The standard InChI is InChI=1S/C26H20ClN3O2S/c1-17-7-13-20(14-8-17)29-24(31)22(16-28)26-30(21-5-3-2-4-6-21)25(32)23(33-26)15-18-9-11-19(27)12-10-18/h2-14,23H,15H2,1H3,(H,29,31)/b26-22-. The average Bonchev–Trinajstić information content (AvgIpc) is 3.13. The van der Waals surface area contributed by atoms with E-state index in [1.807, 2.05) is 55.5 Å². The van der Waals surface area contributed by atoms with E-state index in [1.165, 1.54) is 16.7 Å². The van der Waals surface area contributed by atoms with Gasteiger partial charge in [-0.25, -0.2) is 0 Å². The van der Waals surface area contributed by atoms with Crippen LogP contribution in [-0.2, 0) is 16.0 Å². The molecular formula is C26H20ClN3O2S. The fraction of sp³-hybridized carbons (Fsp3) is 0.115. The molecule has 7 heteroatoms. The number of thioether (sulfide) groups is 1. The van der Waals surface area contributed by atoms with Gasteiger partial charge in [-0.3, -0.25) is 14.5 Å². The van der Waals surface area contributed by atoms with Crippen molar-refractivity contribution < 1.29 is 9.59 Å². The molecule has 1 saturated heterocycles. The van der Waals surface area contributed by atoms with Crippen molar-refractivity contribution in [1.29, 1.82) is 5.26 Å². The van der Waals surface area contributed by atoms with Gasteiger partial charge in [0.2, 0.25) is 5.91 Å². The van der Waals surface area contributed by atoms with Crippen LogP contribution in [0.5, 0.6) is 0 Å². The van der Waals surface area contributed by atoms with Crippen LogP contribution in [0, 0.1) is 18.3 Å². The van der Waals surface area contributed by atoms with Crippen molar-refractivity contribution in [2.75, 3.05) is 10.2 Å². The number of nitriles is 1. The second-order valence-corrected chi connectivity index (χ2v) is 9.19. The number of hydrogen-bond acceptors (Lipinski definition) is 4. The molecule has 0 bridgehead atoms. The summed E-state index contributed by atoms with van der Waals surface area (Å²) in [4.78, 5) is 27.9. The Kier molecular flexibility index (Phi) is 6.83. The summed E-state index contributed by atoms with van der Waals surface area (Å²) < 4.78 is 0. The van der Waals surface area contributed by atoms with Crippen LogP contribution >= 0.6 is 23.4 Å². The Labute approximate surface area is 201 Å². The highest BCUT2D eigenvalue weighted by Crippen LogP contribution is 2.42. The Morgan fingerprint density at radius 2 is 1.73 bits per heavy atom. The van der Waals surface area contributed by atoms with Gasteiger partial charge in [-0.1, -0.05) is 71.4 Å². The van der Waals surface area contributed by atoms with E-state index in [4.69, 9.17) is 11.6 Å². The first kappa shape index (κ1) is 22.7. The van der Waals surface area contributed by atoms with Crippen LogP contribution in [-0.4, -0.2) is 17.1 Å². The van der Waals surface area contributed by atoms with E-state index in [9.17, 15) is 14.9 Å². The van der Waals surface area contributed by atoms with Gasteiger partial charge < -0.3 is 5.32 Å². The summed E-state index contributed by atoms with van der Waals surface area (Å²) in [6, 6.07) is 25.7. The lowest BCUT2D eigenvalue weighted by Crippen LogP contribution is -2.30. The van der Waals surface area contributed by atoms with Crippen LogP contribution in [0.25, 0.3) is 0 Å². The number of anilines is 2. The van der Waals surface area contributed by atoms with Crippen LogP contribution in [0.15, 0.2) is 89.5 Å². The Bertz CT molecular complexity index is 1250. The minimum Gasteiger partial charge on any atom is -0.321 e. The Morgan fingerprint density at radius 3 is 2.36 bits per heavy atom. The number of halogens is 1. The molecule has 0 aliphatic carbocycles. The molecule has 2 amide bonds. The van der Waals surface area contributed by atoms with Crippen molar-refractivity contribution in [3.05, 3.63) is 106 Å². The zero-order valence-corrected chi connectivity index (χ0v) is 19.4. The SMILES string of the molecule is Cc1ccc(NC(=O)/C(C#N)=C2\SC(Cc3ccc(Cl)cc3)C(=O)N2c2ccccc2)cc1. The number of carbonyl (C=O) groups is 2. The van der Waals surface area contributed by atoms with Crippen molar-refractivity contribution in [2.45, 2.75) is 18.6 Å². The van der Waals surface area contributed by atoms with Crippen molar-refractivity contribution in [3.63, 3.8) is 0 Å². The van der Waals surface area contributed by atoms with E-state index < -0.39 is 11.2 Å². The van der Waals surface area contributed by atoms with Crippen LogP contribution in [0.4, 0.5) is 11.4 Å². The van der Waals surface area contributed by atoms with Gasteiger partial charge in [0.1, 0.15) is 16.7 Å². The van der Waals surface area contributed by atoms with Crippen LogP contribution in [0.2, 0.25) is 5.02 Å². The van der Waals surface area contributed by atoms with E-state index >= 15 is 0 Å². The van der Waals surface area contributed by atoms with E-state index in [1.54, 1.807) is 36.4 Å². The largest absolute Gasteiger partial charge is 0.321 e. The van der Waals surface area contributed by atoms with Gasteiger partial charge in [0.15, 0.2) is 0 Å². The van der Waals surface area contributed by atoms with E-state index in [0.717, 1.165) is 11.1 Å². The molecule has 164 valence electrons. The smallest absolute Gasteiger partial charge is 0.269 e. The van der Waals surface area contributed by atoms with E-state index in [-0.39, 0.29) is 11.5 Å². The second-order valence-electron chi connectivity index (χ2n) is 7.56. The summed E-state index contributed by atoms with van der Waals surface area (Å²) in [5, 5.41) is 13.1. The molecule has 33 heavy (non-hydrogen) atoms. The van der Waals surface area contributed by atoms with Gasteiger partial charge in [0.25, 0.3) is 5.91 Å². The first-order valence-corrected chi connectivity index (χ1v) is 11.5. The maximum absolute atomic E-state index is 13.4. The quantitative estimate of drug-likeness (QED) is 0.380. The number of hydrogen-bond donors (Lipinski definition) is 1. The number of para-hydroxylation sites is 1. The van der Waals surface area contributed by atoms with Gasteiger partial charge in [-0.05, 0) is 55.3 Å². The van der Waals surface area contributed by atoms with Gasteiger partial charge in [-0.15, -0.1) is 0 Å². The van der Waals surface area contributed by atoms with Crippen molar-refractivity contribution in [1.82, 2.24) is 0 Å². The zero-order chi connectivity index (χ0) is 23.4. The summed E-state index contributed by atoms with van der Waals surface area (Å²) in [7, 11) is 0. The molecule has 1 heterocycles. The molecule has 3 aromatic rings. The summed E-state index contributed by atoms with van der Waals surface area (Å²) in [6.45, 7) is 1.95. The topological polar surface area (TPSA) is 73.2 Å².